The normalized spacial score (nSPS) is 17.1. The van der Waals surface area contributed by atoms with Gasteiger partial charge in [0.2, 0.25) is 0 Å². The third-order valence-electron chi connectivity index (χ3n) is 3.78. The highest BCUT2D eigenvalue weighted by atomic mass is 79.9. The van der Waals surface area contributed by atoms with Crippen LogP contribution in [0.15, 0.2) is 10.5 Å². The molecule has 1 aromatic carbocycles. The maximum absolute atomic E-state index is 11.5. The van der Waals surface area contributed by atoms with Gasteiger partial charge in [-0.05, 0) is 41.8 Å². The van der Waals surface area contributed by atoms with Crippen LogP contribution in [-0.2, 0) is 10.2 Å². The zero-order valence-electron chi connectivity index (χ0n) is 10.3. The molecule has 98 valence electrons. The number of hydrogen-bond acceptors (Lipinski definition) is 3. The number of halogens is 1. The second kappa shape index (κ2) is 4.46. The minimum absolute atomic E-state index is 0.0251. The molecule has 0 spiro atoms. The molecule has 0 amide bonds. The van der Waals surface area contributed by atoms with Gasteiger partial charge in [-0.3, -0.25) is 4.79 Å². The van der Waals surface area contributed by atoms with Gasteiger partial charge in [-0.1, -0.05) is 6.42 Å². The molecule has 0 aliphatic heterocycles. The number of ether oxygens (including phenoxy) is 1. The van der Waals surface area contributed by atoms with Gasteiger partial charge in [0.25, 0.3) is 0 Å². The number of benzene rings is 1. The first-order valence-electron chi connectivity index (χ1n) is 5.74. The Hall–Kier alpha value is -1.23. The van der Waals surface area contributed by atoms with Gasteiger partial charge in [-0.15, -0.1) is 0 Å². The average molecular weight is 315 g/mol. The monoisotopic (exact) mass is 314 g/mol. The Balaban J connectivity index is 2.62. The van der Waals surface area contributed by atoms with Crippen LogP contribution in [0.25, 0.3) is 0 Å². The maximum Gasteiger partial charge on any atom is 0.314 e. The molecule has 0 atom stereocenters. The third kappa shape index (κ3) is 1.68. The van der Waals surface area contributed by atoms with Gasteiger partial charge < -0.3 is 14.9 Å². The van der Waals surface area contributed by atoms with Crippen molar-refractivity contribution in [1.82, 2.24) is 0 Å². The predicted octanol–water partition coefficient (Wildman–Crippen LogP) is 2.98. The second-order valence-corrected chi connectivity index (χ2v) is 5.51. The summed E-state index contributed by atoms with van der Waals surface area (Å²) in [6, 6.07) is 1.66. The number of phenolic OH excluding ortho intramolecular Hbond substituents is 1. The third-order valence-corrected chi connectivity index (χ3v) is 4.36. The van der Waals surface area contributed by atoms with E-state index in [0.29, 0.717) is 34.2 Å². The van der Waals surface area contributed by atoms with E-state index in [1.54, 1.807) is 13.0 Å². The standard InChI is InChI=1S/C13H15BrO4/c1-7-10(15)8(6-9(14)11(7)18-2)13(12(16)17)4-3-5-13/h6,15H,3-5H2,1-2H3,(H,16,17). The van der Waals surface area contributed by atoms with Crippen molar-refractivity contribution in [2.24, 2.45) is 0 Å². The Labute approximate surface area is 114 Å². The molecule has 0 heterocycles. The fourth-order valence-corrected chi connectivity index (χ4v) is 3.18. The van der Waals surface area contributed by atoms with Gasteiger partial charge in [-0.2, -0.15) is 0 Å². The highest BCUT2D eigenvalue weighted by Crippen LogP contribution is 2.50. The number of carbonyl (C=O) groups is 1. The predicted molar refractivity (Wildman–Crippen MR) is 70.3 cm³/mol. The first-order valence-corrected chi connectivity index (χ1v) is 6.53. The van der Waals surface area contributed by atoms with Crippen LogP contribution in [0.3, 0.4) is 0 Å². The molecule has 0 aromatic heterocycles. The van der Waals surface area contributed by atoms with E-state index in [4.69, 9.17) is 4.74 Å². The zero-order chi connectivity index (χ0) is 13.5. The van der Waals surface area contributed by atoms with Gasteiger partial charge in [0.15, 0.2) is 0 Å². The van der Waals surface area contributed by atoms with E-state index >= 15 is 0 Å². The fourth-order valence-electron chi connectivity index (χ4n) is 2.49. The van der Waals surface area contributed by atoms with Crippen molar-refractivity contribution in [3.8, 4) is 11.5 Å². The van der Waals surface area contributed by atoms with Crippen molar-refractivity contribution in [2.75, 3.05) is 7.11 Å². The first-order chi connectivity index (χ1) is 8.44. The van der Waals surface area contributed by atoms with Crippen molar-refractivity contribution in [3.63, 3.8) is 0 Å². The first kappa shape index (κ1) is 13.2. The lowest BCUT2D eigenvalue weighted by molar-refractivity contribution is -0.147. The number of aromatic hydroxyl groups is 1. The molecule has 0 saturated heterocycles. The lowest BCUT2D eigenvalue weighted by Crippen LogP contribution is -2.42. The zero-order valence-corrected chi connectivity index (χ0v) is 11.9. The molecule has 0 bridgehead atoms. The van der Waals surface area contributed by atoms with Crippen LogP contribution in [0.2, 0.25) is 0 Å². The van der Waals surface area contributed by atoms with E-state index in [-0.39, 0.29) is 5.75 Å². The van der Waals surface area contributed by atoms with Crippen molar-refractivity contribution >= 4 is 21.9 Å². The molecule has 5 heteroatoms. The van der Waals surface area contributed by atoms with Crippen LogP contribution >= 0.6 is 15.9 Å². The summed E-state index contributed by atoms with van der Waals surface area (Å²) in [5.74, 6) is -0.311. The molecule has 1 fully saturated rings. The summed E-state index contributed by atoms with van der Waals surface area (Å²) in [6.45, 7) is 1.72. The van der Waals surface area contributed by atoms with E-state index < -0.39 is 11.4 Å². The van der Waals surface area contributed by atoms with Crippen LogP contribution < -0.4 is 4.74 Å². The highest BCUT2D eigenvalue weighted by molar-refractivity contribution is 9.10. The summed E-state index contributed by atoms with van der Waals surface area (Å²) in [4.78, 5) is 11.5. The molecular formula is C13H15BrO4. The molecule has 18 heavy (non-hydrogen) atoms. The number of carboxylic acids is 1. The number of aliphatic carboxylic acids is 1. The van der Waals surface area contributed by atoms with Crippen LogP contribution in [0.4, 0.5) is 0 Å². The minimum Gasteiger partial charge on any atom is -0.507 e. The summed E-state index contributed by atoms with van der Waals surface area (Å²) < 4.78 is 5.85. The van der Waals surface area contributed by atoms with Crippen LogP contribution in [-0.4, -0.2) is 23.3 Å². The van der Waals surface area contributed by atoms with Gasteiger partial charge in [-0.25, -0.2) is 0 Å². The number of methoxy groups -OCH3 is 1. The second-order valence-electron chi connectivity index (χ2n) is 4.65. The van der Waals surface area contributed by atoms with E-state index in [9.17, 15) is 15.0 Å². The summed E-state index contributed by atoms with van der Waals surface area (Å²) in [5.41, 5.74) is 0.102. The maximum atomic E-state index is 11.5. The molecule has 4 nitrogen and oxygen atoms in total. The Morgan fingerprint density at radius 3 is 2.50 bits per heavy atom. The number of rotatable bonds is 3. The Bertz CT molecular complexity index is 506. The molecular weight excluding hydrogens is 300 g/mol. The van der Waals surface area contributed by atoms with Gasteiger partial charge >= 0.3 is 5.97 Å². The molecule has 1 aromatic rings. The molecule has 0 radical (unpaired) electrons. The summed E-state index contributed by atoms with van der Waals surface area (Å²) >= 11 is 3.36. The molecule has 2 N–H and O–H groups in total. The quantitative estimate of drug-likeness (QED) is 0.900. The average Bonchev–Trinajstić information content (AvgIpc) is 2.23. The van der Waals surface area contributed by atoms with Crippen LogP contribution in [0.5, 0.6) is 11.5 Å². The number of carboxylic acid groups (broad SMARTS) is 1. The number of phenols is 1. The van der Waals surface area contributed by atoms with Crippen LogP contribution in [0, 0.1) is 6.92 Å². The van der Waals surface area contributed by atoms with E-state index in [0.717, 1.165) is 6.42 Å². The number of hydrogen-bond donors (Lipinski definition) is 2. The molecule has 2 rings (SSSR count). The van der Waals surface area contributed by atoms with Gasteiger partial charge in [0.1, 0.15) is 11.5 Å². The molecule has 1 aliphatic carbocycles. The highest BCUT2D eigenvalue weighted by Gasteiger charge is 2.48. The van der Waals surface area contributed by atoms with Crippen LogP contribution in [0.1, 0.15) is 30.4 Å². The van der Waals surface area contributed by atoms with Gasteiger partial charge in [0.05, 0.1) is 17.0 Å². The Kier molecular flexibility index (Phi) is 3.27. The van der Waals surface area contributed by atoms with E-state index in [1.165, 1.54) is 7.11 Å². The van der Waals surface area contributed by atoms with E-state index in [1.807, 2.05) is 0 Å². The van der Waals surface area contributed by atoms with Crippen molar-refractivity contribution in [2.45, 2.75) is 31.6 Å². The summed E-state index contributed by atoms with van der Waals surface area (Å²) in [6.07, 6.45) is 2.00. The Morgan fingerprint density at radius 2 is 2.11 bits per heavy atom. The Morgan fingerprint density at radius 1 is 1.50 bits per heavy atom. The van der Waals surface area contributed by atoms with E-state index in [2.05, 4.69) is 15.9 Å². The van der Waals surface area contributed by atoms with Crippen molar-refractivity contribution < 1.29 is 19.7 Å². The fraction of sp³-hybridized carbons (Fsp3) is 0.462. The summed E-state index contributed by atoms with van der Waals surface area (Å²) in [5, 5.41) is 19.6. The lowest BCUT2D eigenvalue weighted by atomic mass is 9.64. The minimum atomic E-state index is -0.941. The largest absolute Gasteiger partial charge is 0.507 e. The smallest absolute Gasteiger partial charge is 0.314 e. The van der Waals surface area contributed by atoms with Crippen molar-refractivity contribution in [3.05, 3.63) is 21.7 Å². The van der Waals surface area contributed by atoms with Gasteiger partial charge in [0, 0.05) is 11.1 Å². The van der Waals surface area contributed by atoms with Crippen molar-refractivity contribution in [1.29, 1.82) is 0 Å². The summed E-state index contributed by atoms with van der Waals surface area (Å²) in [7, 11) is 1.52. The molecule has 0 unspecified atom stereocenters. The SMILES string of the molecule is COc1c(Br)cc(C2(C(=O)O)CCC2)c(O)c1C. The molecule has 1 saturated carbocycles. The lowest BCUT2D eigenvalue weighted by Gasteiger charge is -2.39. The molecule has 1 aliphatic rings. The topological polar surface area (TPSA) is 66.8 Å².